The zero-order valence-electron chi connectivity index (χ0n) is 11.8. The predicted molar refractivity (Wildman–Crippen MR) is 74.6 cm³/mol. The van der Waals surface area contributed by atoms with Crippen molar-refractivity contribution in [2.75, 3.05) is 19.8 Å². The van der Waals surface area contributed by atoms with E-state index in [-0.39, 0.29) is 5.91 Å². The van der Waals surface area contributed by atoms with Crippen LogP contribution in [0.3, 0.4) is 0 Å². The van der Waals surface area contributed by atoms with Gasteiger partial charge in [0.15, 0.2) is 0 Å². The van der Waals surface area contributed by atoms with E-state index < -0.39 is 0 Å². The zero-order chi connectivity index (χ0) is 13.2. The zero-order valence-corrected chi connectivity index (χ0v) is 11.8. The van der Waals surface area contributed by atoms with Crippen molar-refractivity contribution < 1.29 is 9.53 Å². The van der Waals surface area contributed by atoms with E-state index in [9.17, 15) is 4.79 Å². The number of carbonyl (C=O) groups is 1. The first kappa shape index (κ1) is 13.2. The fourth-order valence-electron chi connectivity index (χ4n) is 3.36. The Morgan fingerprint density at radius 1 is 1.26 bits per heavy atom. The van der Waals surface area contributed by atoms with Crippen molar-refractivity contribution in [1.82, 2.24) is 5.32 Å². The van der Waals surface area contributed by atoms with E-state index in [1.807, 2.05) is 0 Å². The van der Waals surface area contributed by atoms with Crippen molar-refractivity contribution in [2.45, 2.75) is 32.6 Å². The Hall–Kier alpha value is -0.830. The van der Waals surface area contributed by atoms with Crippen LogP contribution in [0.4, 0.5) is 0 Å². The summed E-state index contributed by atoms with van der Waals surface area (Å²) in [6.07, 6.45) is 8.76. The van der Waals surface area contributed by atoms with Gasteiger partial charge in [0.2, 0.25) is 5.91 Å². The quantitative estimate of drug-likeness (QED) is 0.773. The molecule has 1 N–H and O–H groups in total. The first-order valence-corrected chi connectivity index (χ1v) is 7.78. The summed E-state index contributed by atoms with van der Waals surface area (Å²) in [5.74, 6) is 4.15. The first-order valence-electron chi connectivity index (χ1n) is 7.78. The van der Waals surface area contributed by atoms with Gasteiger partial charge in [-0.25, -0.2) is 0 Å². The Morgan fingerprint density at radius 2 is 2.00 bits per heavy atom. The van der Waals surface area contributed by atoms with E-state index in [4.69, 9.17) is 4.74 Å². The number of amides is 1. The summed E-state index contributed by atoms with van der Waals surface area (Å²) in [5.41, 5.74) is 0. The highest BCUT2D eigenvalue weighted by atomic mass is 16.5. The molecule has 3 aliphatic rings. The molecule has 4 atom stereocenters. The minimum absolute atomic E-state index is 0.0842. The topological polar surface area (TPSA) is 38.3 Å². The molecule has 1 heterocycles. The summed E-state index contributed by atoms with van der Waals surface area (Å²) in [7, 11) is 0. The second-order valence-corrected chi connectivity index (χ2v) is 6.60. The van der Waals surface area contributed by atoms with Crippen LogP contribution in [-0.2, 0) is 9.53 Å². The number of allylic oxidation sites excluding steroid dienone is 1. The van der Waals surface area contributed by atoms with E-state index >= 15 is 0 Å². The Kier molecular flexibility index (Phi) is 3.92. The van der Waals surface area contributed by atoms with Crippen molar-refractivity contribution in [3.05, 3.63) is 12.2 Å². The largest absolute Gasteiger partial charge is 0.381 e. The smallest absolute Gasteiger partial charge is 0.243 e. The molecule has 1 unspecified atom stereocenters. The Morgan fingerprint density at radius 3 is 2.68 bits per heavy atom. The number of carbonyl (C=O) groups excluding carboxylic acids is 1. The highest BCUT2D eigenvalue weighted by Crippen LogP contribution is 2.58. The average molecular weight is 263 g/mol. The summed E-state index contributed by atoms with van der Waals surface area (Å²) < 4.78 is 5.32. The number of hydrogen-bond acceptors (Lipinski definition) is 2. The Balaban J connectivity index is 1.32. The molecule has 3 nitrogen and oxygen atoms in total. The monoisotopic (exact) mass is 263 g/mol. The lowest BCUT2D eigenvalue weighted by molar-refractivity contribution is -0.116. The predicted octanol–water partition coefficient (Wildman–Crippen LogP) is 2.38. The van der Waals surface area contributed by atoms with E-state index in [1.165, 1.54) is 12.8 Å². The third-order valence-electron chi connectivity index (χ3n) is 5.01. The van der Waals surface area contributed by atoms with Crippen molar-refractivity contribution in [2.24, 2.45) is 29.6 Å². The molecule has 19 heavy (non-hydrogen) atoms. The summed E-state index contributed by atoms with van der Waals surface area (Å²) in [4.78, 5) is 11.7. The summed E-state index contributed by atoms with van der Waals surface area (Å²) in [6, 6.07) is 0. The lowest BCUT2D eigenvalue weighted by atomic mass is 10.0. The van der Waals surface area contributed by atoms with Crippen LogP contribution in [0.15, 0.2) is 12.2 Å². The van der Waals surface area contributed by atoms with Gasteiger partial charge in [0.05, 0.1) is 0 Å². The minimum Gasteiger partial charge on any atom is -0.381 e. The van der Waals surface area contributed by atoms with Gasteiger partial charge in [0.25, 0.3) is 0 Å². The van der Waals surface area contributed by atoms with Crippen molar-refractivity contribution in [3.63, 3.8) is 0 Å². The van der Waals surface area contributed by atoms with Crippen molar-refractivity contribution in [3.8, 4) is 0 Å². The van der Waals surface area contributed by atoms with Crippen molar-refractivity contribution in [1.29, 1.82) is 0 Å². The number of ether oxygens (including phenoxy) is 1. The van der Waals surface area contributed by atoms with E-state index in [1.54, 1.807) is 6.08 Å². The molecule has 0 aromatic heterocycles. The van der Waals surface area contributed by atoms with E-state index in [0.717, 1.165) is 50.4 Å². The molecule has 2 aliphatic carbocycles. The maximum atomic E-state index is 11.7. The fraction of sp³-hybridized carbons (Fsp3) is 0.812. The Labute approximate surface area is 115 Å². The molecule has 1 aliphatic heterocycles. The minimum atomic E-state index is 0.0842. The second-order valence-electron chi connectivity index (χ2n) is 6.60. The molecular formula is C16H25NO2. The van der Waals surface area contributed by atoms with Gasteiger partial charge in [-0.3, -0.25) is 4.79 Å². The van der Waals surface area contributed by atoms with Crippen molar-refractivity contribution >= 4 is 5.91 Å². The van der Waals surface area contributed by atoms with Crippen LogP contribution in [0.25, 0.3) is 0 Å². The molecule has 0 aromatic carbocycles. The van der Waals surface area contributed by atoms with Gasteiger partial charge in [-0.2, -0.15) is 0 Å². The standard InChI is InChI=1S/C16H25NO2/c1-11-8-14(11)15-9-13(15)2-3-16(18)17-10-12-4-6-19-7-5-12/h2-3,11-15H,4-10H2,1H3,(H,17,18)/b3-2+/t11-,13?,14-,15-/m1/s1. The summed E-state index contributed by atoms with van der Waals surface area (Å²) in [6.45, 7) is 4.84. The van der Waals surface area contributed by atoms with Gasteiger partial charge < -0.3 is 10.1 Å². The van der Waals surface area contributed by atoms with Gasteiger partial charge in [-0.05, 0) is 61.3 Å². The second kappa shape index (κ2) is 5.66. The molecule has 3 fully saturated rings. The highest BCUT2D eigenvalue weighted by molar-refractivity contribution is 5.87. The SMILES string of the molecule is C[C@@H]1C[C@H]1[C@@H]1CC1/C=C/C(=O)NCC1CCOCC1. The normalized spacial score (nSPS) is 38.4. The lowest BCUT2D eigenvalue weighted by Crippen LogP contribution is -2.31. The molecule has 3 heteroatoms. The maximum Gasteiger partial charge on any atom is 0.243 e. The number of hydrogen-bond donors (Lipinski definition) is 1. The van der Waals surface area contributed by atoms with Crippen LogP contribution in [0, 0.1) is 29.6 Å². The molecule has 0 spiro atoms. The maximum absolute atomic E-state index is 11.7. The van der Waals surface area contributed by atoms with Crippen LogP contribution < -0.4 is 5.32 Å². The molecular weight excluding hydrogens is 238 g/mol. The third-order valence-corrected chi connectivity index (χ3v) is 5.01. The van der Waals surface area contributed by atoms with Gasteiger partial charge in [0.1, 0.15) is 0 Å². The van der Waals surface area contributed by atoms with Crippen LogP contribution >= 0.6 is 0 Å². The molecule has 106 valence electrons. The van der Waals surface area contributed by atoms with Gasteiger partial charge >= 0.3 is 0 Å². The summed E-state index contributed by atoms with van der Waals surface area (Å²) >= 11 is 0. The number of rotatable bonds is 5. The molecule has 0 radical (unpaired) electrons. The summed E-state index contributed by atoms with van der Waals surface area (Å²) in [5, 5.41) is 3.02. The van der Waals surface area contributed by atoms with Crippen LogP contribution in [0.5, 0.6) is 0 Å². The van der Waals surface area contributed by atoms with E-state index in [2.05, 4.69) is 18.3 Å². The molecule has 0 bridgehead atoms. The lowest BCUT2D eigenvalue weighted by Gasteiger charge is -2.21. The number of nitrogens with one attached hydrogen (secondary N) is 1. The van der Waals surface area contributed by atoms with Crippen LogP contribution in [0.1, 0.15) is 32.6 Å². The third kappa shape index (κ3) is 3.59. The Bertz CT molecular complexity index is 360. The molecule has 2 saturated carbocycles. The average Bonchev–Trinajstić information content (AvgIpc) is 3.32. The first-order chi connectivity index (χ1) is 9.24. The highest BCUT2D eigenvalue weighted by Gasteiger charge is 2.50. The van der Waals surface area contributed by atoms with Gasteiger partial charge in [-0.1, -0.05) is 13.0 Å². The fourth-order valence-corrected chi connectivity index (χ4v) is 3.36. The van der Waals surface area contributed by atoms with Gasteiger partial charge in [-0.15, -0.1) is 0 Å². The molecule has 3 rings (SSSR count). The molecule has 1 saturated heterocycles. The van der Waals surface area contributed by atoms with Crippen LogP contribution in [-0.4, -0.2) is 25.7 Å². The molecule has 0 aromatic rings. The molecule has 1 amide bonds. The van der Waals surface area contributed by atoms with E-state index in [0.29, 0.717) is 11.8 Å². The van der Waals surface area contributed by atoms with Crippen LogP contribution in [0.2, 0.25) is 0 Å². The van der Waals surface area contributed by atoms with Gasteiger partial charge in [0, 0.05) is 19.8 Å².